The predicted octanol–water partition coefficient (Wildman–Crippen LogP) is 4.46. The Kier molecular flexibility index (Phi) is 4.28. The van der Waals surface area contributed by atoms with E-state index in [1.807, 2.05) is 42.5 Å². The highest BCUT2D eigenvalue weighted by Crippen LogP contribution is 2.20. The quantitative estimate of drug-likeness (QED) is 0.732. The molecule has 0 aromatic heterocycles. The summed E-state index contributed by atoms with van der Waals surface area (Å²) in [6.07, 6.45) is 2.09. The van der Waals surface area contributed by atoms with Crippen molar-refractivity contribution < 1.29 is 4.74 Å². The first-order valence-corrected chi connectivity index (χ1v) is 6.29. The Morgan fingerprint density at radius 2 is 1.65 bits per heavy atom. The minimum atomic E-state index is 0.887. The normalized spacial score (nSPS) is 10.6. The van der Waals surface area contributed by atoms with Gasteiger partial charge in [0.15, 0.2) is 0 Å². The fraction of sp³-hybridized carbons (Fsp3) is 0.0667. The number of thioether (sulfide) groups is 1. The lowest BCUT2D eigenvalue weighted by atomic mass is 10.2. The largest absolute Gasteiger partial charge is 0.497 e. The first kappa shape index (κ1) is 11.8. The number of methoxy groups -OCH3 is 1. The molecule has 1 nitrogen and oxygen atoms in total. The fourth-order valence-electron chi connectivity index (χ4n) is 1.41. The highest BCUT2D eigenvalue weighted by atomic mass is 32.2. The van der Waals surface area contributed by atoms with E-state index in [1.165, 1.54) is 10.5 Å². The van der Waals surface area contributed by atoms with Crippen molar-refractivity contribution in [3.05, 3.63) is 65.6 Å². The van der Waals surface area contributed by atoms with Crippen LogP contribution in [0.25, 0.3) is 6.08 Å². The maximum Gasteiger partial charge on any atom is 0.118 e. The van der Waals surface area contributed by atoms with Crippen LogP contribution in [-0.2, 0) is 0 Å². The van der Waals surface area contributed by atoms with Crippen molar-refractivity contribution in [2.24, 2.45) is 0 Å². The predicted molar refractivity (Wildman–Crippen MR) is 74.3 cm³/mol. The zero-order chi connectivity index (χ0) is 11.9. The molecule has 0 aliphatic rings. The lowest BCUT2D eigenvalue weighted by molar-refractivity contribution is 0.415. The summed E-state index contributed by atoms with van der Waals surface area (Å²) in [5, 5.41) is 2.09. The number of benzene rings is 2. The molecule has 86 valence electrons. The van der Waals surface area contributed by atoms with Crippen LogP contribution >= 0.6 is 11.8 Å². The molecular formula is C15H14OS. The minimum absolute atomic E-state index is 0.887. The fourth-order valence-corrected chi connectivity index (χ4v) is 2.10. The molecule has 0 bridgehead atoms. The van der Waals surface area contributed by atoms with Crippen molar-refractivity contribution in [1.29, 1.82) is 0 Å². The maximum atomic E-state index is 5.11. The summed E-state index contributed by atoms with van der Waals surface area (Å²) in [6.45, 7) is 0. The smallest absolute Gasteiger partial charge is 0.118 e. The summed E-state index contributed by atoms with van der Waals surface area (Å²) in [6, 6.07) is 18.3. The third kappa shape index (κ3) is 3.68. The Morgan fingerprint density at radius 3 is 2.29 bits per heavy atom. The van der Waals surface area contributed by atoms with E-state index in [9.17, 15) is 0 Å². The number of rotatable bonds is 4. The van der Waals surface area contributed by atoms with Crippen molar-refractivity contribution in [2.75, 3.05) is 7.11 Å². The van der Waals surface area contributed by atoms with Gasteiger partial charge in [-0.1, -0.05) is 42.1 Å². The molecule has 0 aliphatic carbocycles. The van der Waals surface area contributed by atoms with Crippen LogP contribution in [0.3, 0.4) is 0 Å². The standard InChI is InChI=1S/C15H14OS/c1-16-14-9-7-13(8-10-14)11-12-17-15-5-3-2-4-6-15/h2-12H,1H3/b12-11+. The average molecular weight is 242 g/mol. The van der Waals surface area contributed by atoms with Gasteiger partial charge in [0, 0.05) is 4.90 Å². The van der Waals surface area contributed by atoms with Crippen LogP contribution in [-0.4, -0.2) is 7.11 Å². The third-order valence-corrected chi connectivity index (χ3v) is 3.14. The van der Waals surface area contributed by atoms with Crippen LogP contribution in [0.15, 0.2) is 64.9 Å². The van der Waals surface area contributed by atoms with E-state index in [1.54, 1.807) is 18.9 Å². The second-order valence-corrected chi connectivity index (χ2v) is 4.49. The van der Waals surface area contributed by atoms with Crippen LogP contribution in [0.4, 0.5) is 0 Å². The molecule has 0 saturated carbocycles. The van der Waals surface area contributed by atoms with Gasteiger partial charge in [-0.05, 0) is 41.3 Å². The molecular weight excluding hydrogens is 228 g/mol. The van der Waals surface area contributed by atoms with Gasteiger partial charge in [-0.25, -0.2) is 0 Å². The van der Waals surface area contributed by atoms with Gasteiger partial charge in [-0.3, -0.25) is 0 Å². The molecule has 2 aromatic carbocycles. The van der Waals surface area contributed by atoms with Crippen LogP contribution in [0.2, 0.25) is 0 Å². The molecule has 0 N–H and O–H groups in total. The van der Waals surface area contributed by atoms with Gasteiger partial charge in [0.25, 0.3) is 0 Å². The molecule has 17 heavy (non-hydrogen) atoms. The molecule has 0 amide bonds. The molecule has 0 aliphatic heterocycles. The summed E-state index contributed by atoms with van der Waals surface area (Å²) in [5.41, 5.74) is 1.18. The highest BCUT2D eigenvalue weighted by Gasteiger charge is 1.90. The lowest BCUT2D eigenvalue weighted by Crippen LogP contribution is -1.81. The first-order valence-electron chi connectivity index (χ1n) is 5.41. The van der Waals surface area contributed by atoms with Crippen LogP contribution in [0.5, 0.6) is 5.75 Å². The van der Waals surface area contributed by atoms with Crippen molar-refractivity contribution >= 4 is 17.8 Å². The molecule has 2 rings (SSSR count). The molecule has 0 radical (unpaired) electrons. The van der Waals surface area contributed by atoms with Gasteiger partial charge in [0.05, 0.1) is 7.11 Å². The van der Waals surface area contributed by atoms with Crippen molar-refractivity contribution in [2.45, 2.75) is 4.90 Å². The Hall–Kier alpha value is -1.67. The number of hydrogen-bond acceptors (Lipinski definition) is 2. The SMILES string of the molecule is COc1ccc(/C=C/Sc2ccccc2)cc1. The third-order valence-electron chi connectivity index (χ3n) is 2.32. The van der Waals surface area contributed by atoms with E-state index in [0.29, 0.717) is 0 Å². The summed E-state index contributed by atoms with van der Waals surface area (Å²) < 4.78 is 5.11. The Labute approximate surface area is 106 Å². The molecule has 0 heterocycles. The Morgan fingerprint density at radius 1 is 0.941 bits per heavy atom. The summed E-state index contributed by atoms with van der Waals surface area (Å²) in [5.74, 6) is 0.887. The second-order valence-electron chi connectivity index (χ2n) is 3.51. The van der Waals surface area contributed by atoms with Gasteiger partial charge in [0.2, 0.25) is 0 Å². The monoisotopic (exact) mass is 242 g/mol. The van der Waals surface area contributed by atoms with Gasteiger partial charge in [-0.15, -0.1) is 0 Å². The average Bonchev–Trinajstić information content (AvgIpc) is 2.41. The van der Waals surface area contributed by atoms with Gasteiger partial charge >= 0.3 is 0 Å². The van der Waals surface area contributed by atoms with Crippen LogP contribution < -0.4 is 4.74 Å². The minimum Gasteiger partial charge on any atom is -0.497 e. The van der Waals surface area contributed by atoms with E-state index >= 15 is 0 Å². The van der Waals surface area contributed by atoms with Crippen molar-refractivity contribution in [3.8, 4) is 5.75 Å². The molecule has 0 saturated heterocycles. The van der Waals surface area contributed by atoms with Crippen LogP contribution in [0, 0.1) is 0 Å². The van der Waals surface area contributed by atoms with E-state index in [4.69, 9.17) is 4.74 Å². The van der Waals surface area contributed by atoms with Gasteiger partial charge < -0.3 is 4.74 Å². The summed E-state index contributed by atoms with van der Waals surface area (Å²) in [4.78, 5) is 1.25. The summed E-state index contributed by atoms with van der Waals surface area (Å²) in [7, 11) is 1.68. The highest BCUT2D eigenvalue weighted by molar-refractivity contribution is 8.02. The summed E-state index contributed by atoms with van der Waals surface area (Å²) >= 11 is 1.71. The van der Waals surface area contributed by atoms with Crippen molar-refractivity contribution in [3.63, 3.8) is 0 Å². The van der Waals surface area contributed by atoms with Gasteiger partial charge in [0.1, 0.15) is 5.75 Å². The van der Waals surface area contributed by atoms with Crippen LogP contribution in [0.1, 0.15) is 5.56 Å². The zero-order valence-electron chi connectivity index (χ0n) is 9.67. The first-order chi connectivity index (χ1) is 8.38. The Bertz CT molecular complexity index is 474. The van der Waals surface area contributed by atoms with E-state index in [2.05, 4.69) is 23.6 Å². The molecule has 0 spiro atoms. The number of hydrogen-bond donors (Lipinski definition) is 0. The Balaban J connectivity index is 1.96. The molecule has 2 aromatic rings. The van der Waals surface area contributed by atoms with E-state index in [-0.39, 0.29) is 0 Å². The number of ether oxygens (including phenoxy) is 1. The lowest BCUT2D eigenvalue weighted by Gasteiger charge is -1.99. The van der Waals surface area contributed by atoms with E-state index in [0.717, 1.165) is 5.75 Å². The van der Waals surface area contributed by atoms with Crippen molar-refractivity contribution in [1.82, 2.24) is 0 Å². The molecule has 0 unspecified atom stereocenters. The molecule has 2 heteroatoms. The molecule has 0 fully saturated rings. The van der Waals surface area contributed by atoms with Gasteiger partial charge in [-0.2, -0.15) is 0 Å². The van der Waals surface area contributed by atoms with E-state index < -0.39 is 0 Å². The molecule has 0 atom stereocenters. The second kappa shape index (κ2) is 6.16. The topological polar surface area (TPSA) is 9.23 Å². The zero-order valence-corrected chi connectivity index (χ0v) is 10.5. The maximum absolute atomic E-state index is 5.11.